The second-order valence-corrected chi connectivity index (χ2v) is 3.73. The van der Waals surface area contributed by atoms with E-state index < -0.39 is 0 Å². The molecule has 1 rings (SSSR count). The van der Waals surface area contributed by atoms with Crippen LogP contribution in [0, 0.1) is 13.8 Å². The summed E-state index contributed by atoms with van der Waals surface area (Å²) in [6, 6.07) is 0. The van der Waals surface area contributed by atoms with Gasteiger partial charge in [-0.25, -0.2) is 9.97 Å². The minimum absolute atomic E-state index is 0.519. The molecule has 0 radical (unpaired) electrons. The molecule has 0 saturated carbocycles. The highest BCUT2D eigenvalue weighted by Gasteiger charge is 2.10. The fourth-order valence-corrected chi connectivity index (χ4v) is 1.79. The minimum atomic E-state index is 0.519. The summed E-state index contributed by atoms with van der Waals surface area (Å²) < 4.78 is 0. The van der Waals surface area contributed by atoms with E-state index in [1.54, 1.807) is 0 Å². The Morgan fingerprint density at radius 3 is 1.85 bits per heavy atom. The van der Waals surface area contributed by atoms with Crippen LogP contribution in [0.3, 0.4) is 0 Å². The molecular formula is C11H18N2. The Balaban J connectivity index is 3.23. The third-order valence-electron chi connectivity index (χ3n) is 2.27. The molecule has 0 amide bonds. The van der Waals surface area contributed by atoms with Crippen molar-refractivity contribution in [2.24, 2.45) is 0 Å². The third-order valence-corrected chi connectivity index (χ3v) is 2.27. The Labute approximate surface area is 80.4 Å². The molecule has 0 unspecified atom stereocenters. The lowest BCUT2D eigenvalue weighted by Gasteiger charge is -2.12. The van der Waals surface area contributed by atoms with Crippen LogP contribution in [0.25, 0.3) is 0 Å². The van der Waals surface area contributed by atoms with Crippen molar-refractivity contribution in [3.8, 4) is 0 Å². The molecule has 0 atom stereocenters. The van der Waals surface area contributed by atoms with Crippen molar-refractivity contribution in [1.82, 2.24) is 9.97 Å². The maximum absolute atomic E-state index is 4.46. The molecule has 1 aromatic heterocycles. The minimum Gasteiger partial charge on any atom is -0.238 e. The van der Waals surface area contributed by atoms with Crippen LogP contribution in [0.4, 0.5) is 0 Å². The fraction of sp³-hybridized carbons (Fsp3) is 0.636. The van der Waals surface area contributed by atoms with Crippen molar-refractivity contribution < 1.29 is 0 Å². The predicted molar refractivity (Wildman–Crippen MR) is 55.0 cm³/mol. The summed E-state index contributed by atoms with van der Waals surface area (Å²) in [6.45, 7) is 10.6. The van der Waals surface area contributed by atoms with Crippen molar-refractivity contribution in [2.75, 3.05) is 0 Å². The topological polar surface area (TPSA) is 25.8 Å². The number of hydrogen-bond acceptors (Lipinski definition) is 2. The molecule has 0 aliphatic heterocycles. The average molecular weight is 178 g/mol. The maximum atomic E-state index is 4.46. The van der Waals surface area contributed by atoms with Crippen LogP contribution in [0.1, 0.15) is 49.5 Å². The molecule has 0 bridgehead atoms. The smallest absolute Gasteiger partial charge is 0.128 e. The van der Waals surface area contributed by atoms with Crippen molar-refractivity contribution in [2.45, 2.75) is 47.0 Å². The zero-order chi connectivity index (χ0) is 10.0. The molecule has 72 valence electrons. The average Bonchev–Trinajstić information content (AvgIpc) is 2.02. The molecule has 0 saturated heterocycles. The van der Waals surface area contributed by atoms with E-state index >= 15 is 0 Å². The predicted octanol–water partition coefficient (Wildman–Crippen LogP) is 2.78. The van der Waals surface area contributed by atoms with Crippen LogP contribution in [0.5, 0.6) is 0 Å². The molecule has 1 heterocycles. The number of rotatable bonds is 2. The maximum Gasteiger partial charge on any atom is 0.128 e. The van der Waals surface area contributed by atoms with Crippen molar-refractivity contribution in [3.05, 3.63) is 22.8 Å². The summed E-state index contributed by atoms with van der Waals surface area (Å²) in [5, 5.41) is 0. The molecule has 1 aromatic rings. The van der Waals surface area contributed by atoms with Gasteiger partial charge in [0.1, 0.15) is 5.82 Å². The van der Waals surface area contributed by atoms with Crippen LogP contribution in [0.2, 0.25) is 0 Å². The van der Waals surface area contributed by atoms with E-state index in [0.717, 1.165) is 23.6 Å². The van der Waals surface area contributed by atoms with Crippen molar-refractivity contribution >= 4 is 0 Å². The first-order valence-electron chi connectivity index (χ1n) is 4.90. The zero-order valence-corrected chi connectivity index (χ0v) is 9.18. The zero-order valence-electron chi connectivity index (χ0n) is 9.18. The van der Waals surface area contributed by atoms with Crippen LogP contribution in [0.15, 0.2) is 0 Å². The normalized spacial score (nSPS) is 10.9. The van der Waals surface area contributed by atoms with Gasteiger partial charge in [0.15, 0.2) is 0 Å². The van der Waals surface area contributed by atoms with Gasteiger partial charge in [-0.2, -0.15) is 0 Å². The van der Waals surface area contributed by atoms with Crippen LogP contribution in [-0.4, -0.2) is 9.97 Å². The molecule has 2 heteroatoms. The molecular weight excluding hydrogens is 160 g/mol. The monoisotopic (exact) mass is 178 g/mol. The summed E-state index contributed by atoms with van der Waals surface area (Å²) in [5.74, 6) is 1.48. The number of nitrogens with zero attached hydrogens (tertiary/aromatic N) is 2. The van der Waals surface area contributed by atoms with E-state index in [1.807, 2.05) is 0 Å². The summed E-state index contributed by atoms with van der Waals surface area (Å²) >= 11 is 0. The summed E-state index contributed by atoms with van der Waals surface area (Å²) in [4.78, 5) is 8.93. The summed E-state index contributed by atoms with van der Waals surface area (Å²) in [7, 11) is 0. The van der Waals surface area contributed by atoms with E-state index in [2.05, 4.69) is 44.6 Å². The highest BCUT2D eigenvalue weighted by atomic mass is 14.9. The molecule has 0 aromatic carbocycles. The van der Waals surface area contributed by atoms with Gasteiger partial charge in [-0.05, 0) is 25.3 Å². The largest absolute Gasteiger partial charge is 0.238 e. The second kappa shape index (κ2) is 3.86. The van der Waals surface area contributed by atoms with Gasteiger partial charge in [-0.15, -0.1) is 0 Å². The van der Waals surface area contributed by atoms with Gasteiger partial charge >= 0.3 is 0 Å². The first-order valence-corrected chi connectivity index (χ1v) is 4.90. The Hall–Kier alpha value is -0.920. The van der Waals surface area contributed by atoms with Gasteiger partial charge in [0, 0.05) is 17.8 Å². The second-order valence-electron chi connectivity index (χ2n) is 3.73. The lowest BCUT2D eigenvalue weighted by molar-refractivity contribution is 0.786. The van der Waals surface area contributed by atoms with E-state index in [0.29, 0.717) is 5.92 Å². The van der Waals surface area contributed by atoms with Crippen LogP contribution >= 0.6 is 0 Å². The Kier molecular flexibility index (Phi) is 3.02. The summed E-state index contributed by atoms with van der Waals surface area (Å²) in [5.41, 5.74) is 3.58. The first-order chi connectivity index (χ1) is 6.06. The third kappa shape index (κ3) is 2.06. The highest BCUT2D eigenvalue weighted by molar-refractivity contribution is 5.27. The van der Waals surface area contributed by atoms with Gasteiger partial charge in [-0.3, -0.25) is 0 Å². The van der Waals surface area contributed by atoms with Gasteiger partial charge < -0.3 is 0 Å². The van der Waals surface area contributed by atoms with Gasteiger partial charge in [-0.1, -0.05) is 20.8 Å². The SMILES string of the molecule is CCc1nc(C)c(C(C)C)c(C)n1. The van der Waals surface area contributed by atoms with E-state index in [9.17, 15) is 0 Å². The Morgan fingerprint density at radius 1 is 1.08 bits per heavy atom. The lowest BCUT2D eigenvalue weighted by atomic mass is 10.0. The van der Waals surface area contributed by atoms with E-state index in [-0.39, 0.29) is 0 Å². The molecule has 0 aliphatic rings. The lowest BCUT2D eigenvalue weighted by Crippen LogP contribution is -2.05. The van der Waals surface area contributed by atoms with Gasteiger partial charge in [0.25, 0.3) is 0 Å². The number of aryl methyl sites for hydroxylation is 3. The Morgan fingerprint density at radius 2 is 1.54 bits per heavy atom. The summed E-state index contributed by atoms with van der Waals surface area (Å²) in [6.07, 6.45) is 0.917. The molecule has 0 N–H and O–H groups in total. The van der Waals surface area contributed by atoms with Gasteiger partial charge in [0.2, 0.25) is 0 Å². The Bertz CT molecular complexity index is 280. The quantitative estimate of drug-likeness (QED) is 0.696. The molecule has 0 fully saturated rings. The standard InChI is InChI=1S/C11H18N2/c1-6-10-12-8(4)11(7(2)3)9(5)13-10/h7H,6H2,1-5H3. The first kappa shape index (κ1) is 10.2. The number of aromatic nitrogens is 2. The van der Waals surface area contributed by atoms with Crippen molar-refractivity contribution in [3.63, 3.8) is 0 Å². The highest BCUT2D eigenvalue weighted by Crippen LogP contribution is 2.20. The molecule has 0 spiro atoms. The van der Waals surface area contributed by atoms with Gasteiger partial charge in [0.05, 0.1) is 0 Å². The van der Waals surface area contributed by atoms with E-state index in [1.165, 1.54) is 5.56 Å². The van der Waals surface area contributed by atoms with E-state index in [4.69, 9.17) is 0 Å². The molecule has 13 heavy (non-hydrogen) atoms. The molecule has 0 aliphatic carbocycles. The van der Waals surface area contributed by atoms with Crippen LogP contribution in [-0.2, 0) is 6.42 Å². The van der Waals surface area contributed by atoms with Crippen LogP contribution < -0.4 is 0 Å². The molecule has 2 nitrogen and oxygen atoms in total. The fourth-order valence-electron chi connectivity index (χ4n) is 1.79. The number of hydrogen-bond donors (Lipinski definition) is 0. The van der Waals surface area contributed by atoms with Crippen molar-refractivity contribution in [1.29, 1.82) is 0 Å².